The molecule has 4 rings (SSSR count). The van der Waals surface area contributed by atoms with E-state index >= 15 is 0 Å². The number of carbonyl (C=O) groups excluding carboxylic acids is 1. The lowest BCUT2D eigenvalue weighted by molar-refractivity contribution is -0.118. The van der Waals surface area contributed by atoms with Crippen LogP contribution < -0.4 is 5.32 Å². The van der Waals surface area contributed by atoms with E-state index in [1.165, 1.54) is 17.3 Å². The van der Waals surface area contributed by atoms with E-state index in [1.807, 2.05) is 73.1 Å². The SMILES string of the molecule is Cc1ccc(CNC(=O)CSc2nnc(-c3cc4ccccc4n3C)o2)cc1. The van der Waals surface area contributed by atoms with Crippen LogP contribution in [-0.4, -0.2) is 26.4 Å². The molecule has 142 valence electrons. The average molecular weight is 392 g/mol. The standard InChI is InChI=1S/C21H20N4O2S/c1-14-7-9-15(10-8-14)12-22-19(26)13-28-21-24-23-20(27-21)18-11-16-5-3-4-6-17(16)25(18)2/h3-11H,12-13H2,1-2H3,(H,22,26). The first-order chi connectivity index (χ1) is 13.6. The second kappa shape index (κ2) is 7.90. The Balaban J connectivity index is 1.36. The maximum absolute atomic E-state index is 12.1. The Morgan fingerprint density at radius 2 is 1.93 bits per heavy atom. The number of aryl methyl sites for hydroxylation is 2. The van der Waals surface area contributed by atoms with Gasteiger partial charge in [-0.2, -0.15) is 0 Å². The molecule has 0 spiro atoms. The van der Waals surface area contributed by atoms with Crippen LogP contribution in [0.25, 0.3) is 22.5 Å². The zero-order valence-electron chi connectivity index (χ0n) is 15.7. The number of hydrogen-bond donors (Lipinski definition) is 1. The maximum atomic E-state index is 12.1. The molecule has 28 heavy (non-hydrogen) atoms. The normalized spacial score (nSPS) is 11.1. The van der Waals surface area contributed by atoms with Crippen molar-refractivity contribution in [3.63, 3.8) is 0 Å². The second-order valence-corrected chi connectivity index (χ2v) is 7.50. The molecule has 0 saturated heterocycles. The minimum absolute atomic E-state index is 0.0741. The first-order valence-electron chi connectivity index (χ1n) is 8.93. The van der Waals surface area contributed by atoms with E-state index in [0.29, 0.717) is 17.7 Å². The summed E-state index contributed by atoms with van der Waals surface area (Å²) in [6.07, 6.45) is 0. The number of carbonyl (C=O) groups is 1. The van der Waals surface area contributed by atoms with Gasteiger partial charge < -0.3 is 14.3 Å². The van der Waals surface area contributed by atoms with Crippen LogP contribution in [0.1, 0.15) is 11.1 Å². The molecular formula is C21H20N4O2S. The molecule has 0 atom stereocenters. The minimum atomic E-state index is -0.0741. The molecule has 2 aromatic heterocycles. The van der Waals surface area contributed by atoms with Crippen LogP contribution in [-0.2, 0) is 18.4 Å². The Morgan fingerprint density at radius 1 is 1.14 bits per heavy atom. The number of nitrogens with zero attached hydrogens (tertiary/aromatic N) is 3. The van der Waals surface area contributed by atoms with Gasteiger partial charge in [-0.25, -0.2) is 0 Å². The van der Waals surface area contributed by atoms with Gasteiger partial charge in [0.15, 0.2) is 0 Å². The molecule has 0 aliphatic heterocycles. The zero-order valence-corrected chi connectivity index (χ0v) is 16.5. The van der Waals surface area contributed by atoms with Crippen molar-refractivity contribution in [3.8, 4) is 11.6 Å². The molecule has 1 N–H and O–H groups in total. The number of rotatable bonds is 6. The van der Waals surface area contributed by atoms with Gasteiger partial charge in [0, 0.05) is 24.5 Å². The first-order valence-corrected chi connectivity index (χ1v) is 9.92. The maximum Gasteiger partial charge on any atom is 0.277 e. The van der Waals surface area contributed by atoms with Crippen molar-refractivity contribution < 1.29 is 9.21 Å². The molecule has 1 amide bonds. The quantitative estimate of drug-likeness (QED) is 0.503. The van der Waals surface area contributed by atoms with Gasteiger partial charge in [-0.1, -0.05) is 59.8 Å². The summed E-state index contributed by atoms with van der Waals surface area (Å²) in [5.74, 6) is 0.596. The average Bonchev–Trinajstić information content (AvgIpc) is 3.31. The van der Waals surface area contributed by atoms with Crippen LogP contribution in [0.3, 0.4) is 0 Å². The molecule has 0 aliphatic rings. The van der Waals surface area contributed by atoms with Gasteiger partial charge in [0.25, 0.3) is 11.1 Å². The molecule has 0 unspecified atom stereocenters. The highest BCUT2D eigenvalue weighted by molar-refractivity contribution is 7.99. The molecule has 2 aromatic carbocycles. The molecule has 0 saturated carbocycles. The van der Waals surface area contributed by atoms with Gasteiger partial charge in [0.2, 0.25) is 5.91 Å². The van der Waals surface area contributed by atoms with Gasteiger partial charge in [0.1, 0.15) is 5.69 Å². The second-order valence-electron chi connectivity index (χ2n) is 6.57. The number of benzene rings is 2. The zero-order chi connectivity index (χ0) is 19.5. The third kappa shape index (κ3) is 3.94. The summed E-state index contributed by atoms with van der Waals surface area (Å²) in [4.78, 5) is 12.1. The van der Waals surface area contributed by atoms with Crippen molar-refractivity contribution in [2.24, 2.45) is 7.05 Å². The summed E-state index contributed by atoms with van der Waals surface area (Å²) >= 11 is 1.23. The molecule has 7 heteroatoms. The summed E-state index contributed by atoms with van der Waals surface area (Å²) in [6, 6.07) is 18.2. The molecule has 6 nitrogen and oxygen atoms in total. The van der Waals surface area contributed by atoms with Crippen molar-refractivity contribution >= 4 is 28.6 Å². The molecule has 2 heterocycles. The van der Waals surface area contributed by atoms with Crippen LogP contribution in [0.15, 0.2) is 64.2 Å². The van der Waals surface area contributed by atoms with Crippen LogP contribution >= 0.6 is 11.8 Å². The van der Waals surface area contributed by atoms with Crippen molar-refractivity contribution in [2.75, 3.05) is 5.75 Å². The summed E-state index contributed by atoms with van der Waals surface area (Å²) in [5, 5.41) is 12.6. The highest BCUT2D eigenvalue weighted by atomic mass is 32.2. The van der Waals surface area contributed by atoms with E-state index in [2.05, 4.69) is 15.5 Å². The lowest BCUT2D eigenvalue weighted by Crippen LogP contribution is -2.24. The van der Waals surface area contributed by atoms with E-state index in [4.69, 9.17) is 4.42 Å². The van der Waals surface area contributed by atoms with Gasteiger partial charge in [-0.15, -0.1) is 10.2 Å². The van der Waals surface area contributed by atoms with Crippen molar-refractivity contribution in [2.45, 2.75) is 18.7 Å². The van der Waals surface area contributed by atoms with E-state index in [9.17, 15) is 4.79 Å². The van der Waals surface area contributed by atoms with Crippen LogP contribution in [0.5, 0.6) is 0 Å². The molecule has 0 radical (unpaired) electrons. The largest absolute Gasteiger partial charge is 0.410 e. The lowest BCUT2D eigenvalue weighted by Gasteiger charge is -2.04. The van der Waals surface area contributed by atoms with Crippen molar-refractivity contribution in [1.82, 2.24) is 20.1 Å². The Labute approximate surface area is 167 Å². The topological polar surface area (TPSA) is 73.0 Å². The number of thioether (sulfide) groups is 1. The number of fused-ring (bicyclic) bond motifs is 1. The Kier molecular flexibility index (Phi) is 5.16. The Bertz CT molecular complexity index is 1120. The summed E-state index contributed by atoms with van der Waals surface area (Å²) in [7, 11) is 1.97. The first kappa shape index (κ1) is 18.3. The van der Waals surface area contributed by atoms with E-state index < -0.39 is 0 Å². The fourth-order valence-electron chi connectivity index (χ4n) is 2.95. The van der Waals surface area contributed by atoms with Gasteiger partial charge in [-0.3, -0.25) is 4.79 Å². The number of nitrogens with one attached hydrogen (secondary N) is 1. The monoisotopic (exact) mass is 392 g/mol. The van der Waals surface area contributed by atoms with Crippen molar-refractivity contribution in [1.29, 1.82) is 0 Å². The van der Waals surface area contributed by atoms with E-state index in [1.54, 1.807) is 0 Å². The predicted molar refractivity (Wildman–Crippen MR) is 110 cm³/mol. The van der Waals surface area contributed by atoms with E-state index in [0.717, 1.165) is 22.2 Å². The fourth-order valence-corrected chi connectivity index (χ4v) is 3.54. The third-order valence-corrected chi connectivity index (χ3v) is 5.33. The van der Waals surface area contributed by atoms with Crippen molar-refractivity contribution in [3.05, 3.63) is 65.7 Å². The number of para-hydroxylation sites is 1. The smallest absolute Gasteiger partial charge is 0.277 e. The molecule has 0 fully saturated rings. The molecule has 0 aliphatic carbocycles. The van der Waals surface area contributed by atoms with E-state index in [-0.39, 0.29) is 11.7 Å². The summed E-state index contributed by atoms with van der Waals surface area (Å²) in [5.41, 5.74) is 4.22. The number of hydrogen-bond acceptors (Lipinski definition) is 5. The summed E-state index contributed by atoms with van der Waals surface area (Å²) < 4.78 is 7.77. The Morgan fingerprint density at radius 3 is 2.71 bits per heavy atom. The Hall–Kier alpha value is -3.06. The summed E-state index contributed by atoms with van der Waals surface area (Å²) in [6.45, 7) is 2.54. The van der Waals surface area contributed by atoms with Crippen LogP contribution in [0, 0.1) is 6.92 Å². The van der Waals surface area contributed by atoms with Gasteiger partial charge in [-0.05, 0) is 24.6 Å². The third-order valence-electron chi connectivity index (χ3n) is 4.51. The number of aromatic nitrogens is 3. The predicted octanol–water partition coefficient (Wildman–Crippen LogP) is 3.95. The fraction of sp³-hybridized carbons (Fsp3) is 0.190. The van der Waals surface area contributed by atoms with Crippen LogP contribution in [0.2, 0.25) is 0 Å². The number of amides is 1. The molecule has 4 aromatic rings. The molecule has 0 bridgehead atoms. The van der Waals surface area contributed by atoms with Gasteiger partial charge in [0.05, 0.1) is 5.75 Å². The minimum Gasteiger partial charge on any atom is -0.410 e. The highest BCUT2D eigenvalue weighted by Gasteiger charge is 2.15. The highest BCUT2D eigenvalue weighted by Crippen LogP contribution is 2.28. The lowest BCUT2D eigenvalue weighted by atomic mass is 10.1. The van der Waals surface area contributed by atoms with Gasteiger partial charge >= 0.3 is 0 Å². The van der Waals surface area contributed by atoms with Crippen LogP contribution in [0.4, 0.5) is 0 Å². The molecular weight excluding hydrogens is 372 g/mol.